The molecule has 7 nitrogen and oxygen atoms in total. The van der Waals surface area contributed by atoms with Gasteiger partial charge >= 0.3 is 5.97 Å². The molecule has 1 saturated heterocycles. The zero-order chi connectivity index (χ0) is 20.3. The van der Waals surface area contributed by atoms with Gasteiger partial charge in [0.25, 0.3) is 5.91 Å². The lowest BCUT2D eigenvalue weighted by atomic mass is 9.96. The number of likely N-dealkylation sites (tertiary alicyclic amines) is 1. The summed E-state index contributed by atoms with van der Waals surface area (Å²) in [7, 11) is 1.31. The van der Waals surface area contributed by atoms with Crippen molar-refractivity contribution in [1.82, 2.24) is 9.80 Å². The summed E-state index contributed by atoms with van der Waals surface area (Å²) >= 11 is 0. The third-order valence-corrected chi connectivity index (χ3v) is 5.44. The van der Waals surface area contributed by atoms with Gasteiger partial charge in [0.1, 0.15) is 0 Å². The first-order chi connectivity index (χ1) is 13.4. The highest BCUT2D eigenvalue weighted by atomic mass is 16.5. The Balaban J connectivity index is 1.86. The number of ether oxygens (including phenoxy) is 1. The summed E-state index contributed by atoms with van der Waals surface area (Å²) in [4.78, 5) is 40.4. The van der Waals surface area contributed by atoms with Crippen LogP contribution in [0.5, 0.6) is 0 Å². The van der Waals surface area contributed by atoms with Crippen molar-refractivity contribution < 1.29 is 24.2 Å². The molecule has 28 heavy (non-hydrogen) atoms. The Morgan fingerprint density at radius 3 is 2.32 bits per heavy atom. The molecule has 1 aromatic carbocycles. The average molecular weight is 386 g/mol. The number of carbonyl (C=O) groups excluding carboxylic acids is 3. The zero-order valence-electron chi connectivity index (χ0n) is 16.3. The van der Waals surface area contributed by atoms with E-state index in [4.69, 9.17) is 4.74 Å². The molecule has 2 aliphatic heterocycles. The molecule has 7 heteroatoms. The zero-order valence-corrected chi connectivity index (χ0v) is 16.3. The molecule has 0 aromatic heterocycles. The second kappa shape index (κ2) is 8.56. The smallest absolute Gasteiger partial charge is 0.337 e. The van der Waals surface area contributed by atoms with E-state index in [9.17, 15) is 19.5 Å². The number of Topliss-reactive ketones (excluding diaryl/α,β-unsaturated/α-hetero) is 1. The van der Waals surface area contributed by atoms with Gasteiger partial charge in [-0.2, -0.15) is 0 Å². The topological polar surface area (TPSA) is 87.2 Å². The number of benzene rings is 1. The van der Waals surface area contributed by atoms with Crippen LogP contribution < -0.4 is 0 Å². The van der Waals surface area contributed by atoms with Crippen molar-refractivity contribution in [3.8, 4) is 0 Å². The normalized spacial score (nSPS) is 20.6. The van der Waals surface area contributed by atoms with Crippen LogP contribution in [0.2, 0.25) is 0 Å². The van der Waals surface area contributed by atoms with Crippen molar-refractivity contribution in [1.29, 1.82) is 0 Å². The molecule has 1 fully saturated rings. The van der Waals surface area contributed by atoms with Crippen LogP contribution in [0, 0.1) is 0 Å². The van der Waals surface area contributed by atoms with Gasteiger partial charge in [0, 0.05) is 13.1 Å². The first-order valence-corrected chi connectivity index (χ1v) is 9.59. The molecule has 150 valence electrons. The highest BCUT2D eigenvalue weighted by Gasteiger charge is 2.42. The molecule has 1 N–H and O–H groups in total. The molecular formula is C21H26N2O5. The number of aliphatic hydroxyl groups excluding tert-OH is 1. The maximum atomic E-state index is 12.7. The number of hydrogen-bond acceptors (Lipinski definition) is 6. The van der Waals surface area contributed by atoms with Crippen molar-refractivity contribution in [3.05, 3.63) is 46.7 Å². The number of methoxy groups -OCH3 is 1. The largest absolute Gasteiger partial charge is 0.503 e. The average Bonchev–Trinajstić information content (AvgIpc) is 2.97. The fourth-order valence-corrected chi connectivity index (χ4v) is 3.94. The first-order valence-electron chi connectivity index (χ1n) is 9.59. The van der Waals surface area contributed by atoms with Crippen LogP contribution in [-0.2, 0) is 14.3 Å². The summed E-state index contributed by atoms with van der Waals surface area (Å²) in [5.74, 6) is -1.80. The monoisotopic (exact) mass is 386 g/mol. The highest BCUT2D eigenvalue weighted by molar-refractivity contribution is 6.08. The molecule has 2 heterocycles. The molecule has 2 aliphatic rings. The number of carbonyl (C=O) groups is 3. The molecule has 0 aliphatic carbocycles. The Bertz CT molecular complexity index is 794. The van der Waals surface area contributed by atoms with E-state index in [0.29, 0.717) is 24.2 Å². The Hall–Kier alpha value is -2.67. The van der Waals surface area contributed by atoms with Crippen LogP contribution in [0.25, 0.3) is 0 Å². The lowest BCUT2D eigenvalue weighted by Gasteiger charge is -2.31. The van der Waals surface area contributed by atoms with Crippen LogP contribution in [0.4, 0.5) is 0 Å². The van der Waals surface area contributed by atoms with Gasteiger partial charge in [0.2, 0.25) is 0 Å². The fraction of sp³-hybridized carbons (Fsp3) is 0.476. The highest BCUT2D eigenvalue weighted by Crippen LogP contribution is 2.37. The van der Waals surface area contributed by atoms with Crippen molar-refractivity contribution in [2.24, 2.45) is 0 Å². The van der Waals surface area contributed by atoms with Crippen molar-refractivity contribution >= 4 is 17.7 Å². The molecule has 1 amide bonds. The van der Waals surface area contributed by atoms with Gasteiger partial charge in [-0.3, -0.25) is 9.59 Å². The molecule has 0 radical (unpaired) electrons. The van der Waals surface area contributed by atoms with Crippen LogP contribution in [-0.4, -0.2) is 65.9 Å². The molecule has 1 aromatic rings. The van der Waals surface area contributed by atoms with Gasteiger partial charge in [-0.1, -0.05) is 18.6 Å². The van der Waals surface area contributed by atoms with E-state index in [1.165, 1.54) is 20.5 Å². The maximum absolute atomic E-state index is 12.7. The van der Waals surface area contributed by atoms with E-state index in [0.717, 1.165) is 25.9 Å². The predicted molar refractivity (Wildman–Crippen MR) is 103 cm³/mol. The van der Waals surface area contributed by atoms with Crippen LogP contribution in [0.15, 0.2) is 35.6 Å². The number of piperidine rings is 1. The molecule has 1 atom stereocenters. The predicted octanol–water partition coefficient (Wildman–Crippen LogP) is 2.24. The fourth-order valence-electron chi connectivity index (χ4n) is 3.94. The number of nitrogens with zero attached hydrogens (tertiary/aromatic N) is 2. The lowest BCUT2D eigenvalue weighted by Crippen LogP contribution is -2.40. The summed E-state index contributed by atoms with van der Waals surface area (Å²) in [5.41, 5.74) is 1.16. The van der Waals surface area contributed by atoms with Gasteiger partial charge in [0.15, 0.2) is 11.5 Å². The number of aliphatic hydroxyl groups is 1. The van der Waals surface area contributed by atoms with E-state index in [1.54, 1.807) is 29.2 Å². The van der Waals surface area contributed by atoms with Crippen molar-refractivity contribution in [2.45, 2.75) is 32.2 Å². The Labute approximate surface area is 164 Å². The lowest BCUT2D eigenvalue weighted by molar-refractivity contribution is -0.129. The molecule has 3 rings (SSSR count). The van der Waals surface area contributed by atoms with E-state index >= 15 is 0 Å². The van der Waals surface area contributed by atoms with Gasteiger partial charge < -0.3 is 19.6 Å². The SMILES string of the molecule is COC(=O)c1ccc(C2C(C(C)=O)=C(O)C(=O)N2CCN2CCCCC2)cc1. The van der Waals surface area contributed by atoms with E-state index in [2.05, 4.69) is 4.90 Å². The molecule has 0 spiro atoms. The minimum atomic E-state index is -0.651. The number of amides is 1. The number of hydrogen-bond donors (Lipinski definition) is 1. The Morgan fingerprint density at radius 2 is 1.75 bits per heavy atom. The van der Waals surface area contributed by atoms with Crippen molar-refractivity contribution in [3.63, 3.8) is 0 Å². The summed E-state index contributed by atoms with van der Waals surface area (Å²) in [6, 6.07) is 5.93. The minimum Gasteiger partial charge on any atom is -0.503 e. The number of esters is 1. The van der Waals surface area contributed by atoms with Crippen LogP contribution in [0.1, 0.15) is 48.1 Å². The third-order valence-electron chi connectivity index (χ3n) is 5.44. The summed E-state index contributed by atoms with van der Waals surface area (Å²) < 4.78 is 4.71. The summed E-state index contributed by atoms with van der Waals surface area (Å²) in [5, 5.41) is 10.3. The first kappa shape index (κ1) is 20.1. The van der Waals surface area contributed by atoms with Gasteiger partial charge in [0.05, 0.1) is 24.3 Å². The second-order valence-corrected chi connectivity index (χ2v) is 7.24. The molecule has 0 saturated carbocycles. The summed E-state index contributed by atoms with van der Waals surface area (Å²) in [6.07, 6.45) is 3.52. The Kier molecular flexibility index (Phi) is 6.14. The molecule has 0 bridgehead atoms. The molecular weight excluding hydrogens is 360 g/mol. The standard InChI is InChI=1S/C21H26N2O5/c1-14(24)17-18(15-6-8-16(9-7-15)21(27)28-2)23(20(26)19(17)25)13-12-22-10-4-3-5-11-22/h6-9,18,25H,3-5,10-13H2,1-2H3. The van der Waals surface area contributed by atoms with E-state index < -0.39 is 23.7 Å². The maximum Gasteiger partial charge on any atom is 0.337 e. The molecule has 1 unspecified atom stereocenters. The second-order valence-electron chi connectivity index (χ2n) is 7.24. The van der Waals surface area contributed by atoms with Gasteiger partial charge in [-0.05, 0) is 50.6 Å². The number of ketones is 1. The third kappa shape index (κ3) is 3.94. The van der Waals surface area contributed by atoms with Crippen LogP contribution in [0.3, 0.4) is 0 Å². The van der Waals surface area contributed by atoms with Gasteiger partial charge in [-0.25, -0.2) is 4.79 Å². The Morgan fingerprint density at radius 1 is 1.11 bits per heavy atom. The van der Waals surface area contributed by atoms with Crippen LogP contribution >= 0.6 is 0 Å². The quantitative estimate of drug-likeness (QED) is 0.755. The van der Waals surface area contributed by atoms with E-state index in [1.807, 2.05) is 0 Å². The van der Waals surface area contributed by atoms with Gasteiger partial charge in [-0.15, -0.1) is 0 Å². The van der Waals surface area contributed by atoms with Crippen molar-refractivity contribution in [2.75, 3.05) is 33.3 Å². The van der Waals surface area contributed by atoms with E-state index in [-0.39, 0.29) is 11.4 Å². The summed E-state index contributed by atoms with van der Waals surface area (Å²) in [6.45, 7) is 4.46. The minimum absolute atomic E-state index is 0.106. The number of rotatable bonds is 6.